The van der Waals surface area contributed by atoms with Crippen molar-refractivity contribution >= 4 is 35.0 Å². The number of likely N-dealkylation sites (tertiary alicyclic amines) is 2. The van der Waals surface area contributed by atoms with E-state index in [0.717, 1.165) is 30.3 Å². The SMILES string of the molecule is C=C(C)[C@H](NC(=O)OC)C(=O)N1CCC[C@H]1c1ncc(-c2ccc(-c3ccc4nc([C@@H]5CCCN5C(=O)C(NC(=O)OC)C(C)C)[nH]c4c3)cc2F)[nH]1. The number of H-pyrrole nitrogens is 2. The Hall–Kier alpha value is -5.73. The molecule has 1 unspecified atom stereocenters. The Balaban J connectivity index is 1.19. The second-order valence-corrected chi connectivity index (χ2v) is 13.9. The van der Waals surface area contributed by atoms with E-state index in [0.29, 0.717) is 59.1 Å². The smallest absolute Gasteiger partial charge is 0.407 e. The molecule has 2 fully saturated rings. The first kappa shape index (κ1) is 37.0. The number of hydrogen-bond donors (Lipinski definition) is 4. The summed E-state index contributed by atoms with van der Waals surface area (Å²) in [5.41, 5.74) is 4.17. The molecule has 0 bridgehead atoms. The van der Waals surface area contributed by atoms with Crippen molar-refractivity contribution in [1.29, 1.82) is 0 Å². The van der Waals surface area contributed by atoms with Gasteiger partial charge in [0.2, 0.25) is 11.8 Å². The van der Waals surface area contributed by atoms with Gasteiger partial charge in [-0.15, -0.1) is 0 Å². The van der Waals surface area contributed by atoms with Gasteiger partial charge in [0, 0.05) is 18.7 Å². The minimum absolute atomic E-state index is 0.144. The standard InChI is InChI=1S/C38H45FN8O6/c1-20(2)31(44-37(50)52-5)35(48)46-15-7-9-29(46)33-40-19-28(43-33)24-13-11-22(17-25(24)39)23-12-14-26-27(18-23)42-34(41-26)30-10-8-16-47(30)36(49)32(21(3)4)45-38(51)53-6/h11-14,17-19,21,29-32H,1,7-10,15-16H2,2-6H3,(H,40,43)(H,41,42)(H,44,50)(H,45,51)/t29-,30-,31-,32?/m0/s1. The van der Waals surface area contributed by atoms with E-state index in [4.69, 9.17) is 9.72 Å². The lowest BCUT2D eigenvalue weighted by atomic mass is 10.0. The molecular weight excluding hydrogens is 683 g/mol. The summed E-state index contributed by atoms with van der Waals surface area (Å²) in [7, 11) is 2.49. The fourth-order valence-corrected chi connectivity index (χ4v) is 7.17. The van der Waals surface area contributed by atoms with E-state index < -0.39 is 30.1 Å². The summed E-state index contributed by atoms with van der Waals surface area (Å²) < 4.78 is 25.2. The highest BCUT2D eigenvalue weighted by Gasteiger charge is 2.38. The molecule has 4 atom stereocenters. The zero-order valence-corrected chi connectivity index (χ0v) is 30.5. The van der Waals surface area contributed by atoms with Gasteiger partial charge >= 0.3 is 12.2 Å². The summed E-state index contributed by atoms with van der Waals surface area (Å²) in [6.45, 7) is 10.3. The number of halogens is 1. The third kappa shape index (κ3) is 7.59. The van der Waals surface area contributed by atoms with Crippen LogP contribution in [0, 0.1) is 11.7 Å². The molecule has 0 spiro atoms. The number of aromatic nitrogens is 4. The molecule has 0 radical (unpaired) electrons. The Morgan fingerprint density at radius 2 is 1.51 bits per heavy atom. The molecule has 2 aliphatic heterocycles. The number of alkyl carbamates (subject to hydrolysis) is 2. The highest BCUT2D eigenvalue weighted by Crippen LogP contribution is 2.36. The van der Waals surface area contributed by atoms with Crippen LogP contribution < -0.4 is 10.6 Å². The van der Waals surface area contributed by atoms with E-state index in [-0.39, 0.29) is 29.8 Å². The van der Waals surface area contributed by atoms with Crippen molar-refractivity contribution < 1.29 is 33.0 Å². The van der Waals surface area contributed by atoms with Gasteiger partial charge < -0.3 is 39.9 Å². The quantitative estimate of drug-likeness (QED) is 0.149. The fourth-order valence-electron chi connectivity index (χ4n) is 7.17. The van der Waals surface area contributed by atoms with Crippen molar-refractivity contribution in [1.82, 2.24) is 40.4 Å². The molecule has 4 aromatic rings. The van der Waals surface area contributed by atoms with Gasteiger partial charge in [0.25, 0.3) is 0 Å². The maximum atomic E-state index is 15.8. The van der Waals surface area contributed by atoms with Crippen molar-refractivity contribution in [2.75, 3.05) is 27.3 Å². The van der Waals surface area contributed by atoms with Gasteiger partial charge in [-0.05, 0) is 79.5 Å². The number of fused-ring (bicyclic) bond motifs is 1. The predicted octanol–water partition coefficient (Wildman–Crippen LogP) is 5.77. The molecule has 0 aliphatic carbocycles. The van der Waals surface area contributed by atoms with Crippen molar-refractivity contribution in [3.05, 3.63) is 72.2 Å². The van der Waals surface area contributed by atoms with Crippen LogP contribution in [0.3, 0.4) is 0 Å². The second-order valence-electron chi connectivity index (χ2n) is 13.9. The van der Waals surface area contributed by atoms with Crippen LogP contribution in [0.1, 0.15) is 70.2 Å². The minimum Gasteiger partial charge on any atom is -0.453 e. The first-order valence-corrected chi connectivity index (χ1v) is 17.7. The van der Waals surface area contributed by atoms with Crippen LogP contribution >= 0.6 is 0 Å². The second kappa shape index (κ2) is 15.5. The number of carbonyl (C=O) groups is 4. The Labute approximate surface area is 306 Å². The maximum absolute atomic E-state index is 15.8. The third-order valence-electron chi connectivity index (χ3n) is 9.97. The molecule has 2 aliphatic rings. The molecule has 6 rings (SSSR count). The van der Waals surface area contributed by atoms with Gasteiger partial charge in [0.15, 0.2) is 0 Å². The van der Waals surface area contributed by atoms with Gasteiger partial charge in [-0.1, -0.05) is 32.6 Å². The topological polar surface area (TPSA) is 175 Å². The molecule has 2 saturated heterocycles. The molecule has 4 amide bonds. The van der Waals surface area contributed by atoms with Gasteiger partial charge in [-0.3, -0.25) is 9.59 Å². The van der Waals surface area contributed by atoms with Gasteiger partial charge in [0.1, 0.15) is 29.5 Å². The number of nitrogens with one attached hydrogen (secondary N) is 4. The van der Waals surface area contributed by atoms with Crippen LogP contribution in [0.25, 0.3) is 33.4 Å². The van der Waals surface area contributed by atoms with Crippen LogP contribution in [-0.4, -0.2) is 93.1 Å². The minimum atomic E-state index is -0.948. The average molecular weight is 729 g/mol. The Morgan fingerprint density at radius 3 is 2.15 bits per heavy atom. The molecule has 53 heavy (non-hydrogen) atoms. The molecule has 4 heterocycles. The Kier molecular flexibility index (Phi) is 10.8. The molecule has 2 aromatic carbocycles. The Bertz CT molecular complexity index is 2040. The number of carbonyl (C=O) groups excluding carboxylic acids is 4. The van der Waals surface area contributed by atoms with Crippen LogP contribution in [0.4, 0.5) is 14.0 Å². The van der Waals surface area contributed by atoms with E-state index in [1.807, 2.05) is 38.1 Å². The molecular formula is C38H45FN8O6. The van der Waals surface area contributed by atoms with Crippen LogP contribution in [0.15, 0.2) is 54.7 Å². The van der Waals surface area contributed by atoms with Gasteiger partial charge in [0.05, 0.1) is 49.2 Å². The average Bonchev–Trinajstić information content (AvgIpc) is 3.97. The van der Waals surface area contributed by atoms with Crippen LogP contribution in [0.5, 0.6) is 0 Å². The van der Waals surface area contributed by atoms with Crippen molar-refractivity contribution in [2.45, 2.75) is 70.6 Å². The lowest BCUT2D eigenvalue weighted by molar-refractivity contribution is -0.135. The van der Waals surface area contributed by atoms with Crippen molar-refractivity contribution in [3.63, 3.8) is 0 Å². The number of hydrogen-bond acceptors (Lipinski definition) is 8. The summed E-state index contributed by atoms with van der Waals surface area (Å²) in [6.07, 6.45) is 3.08. The molecule has 15 heteroatoms. The van der Waals surface area contributed by atoms with Gasteiger partial charge in [-0.2, -0.15) is 0 Å². The van der Waals surface area contributed by atoms with Crippen molar-refractivity contribution in [2.24, 2.45) is 5.92 Å². The van der Waals surface area contributed by atoms with E-state index in [9.17, 15) is 19.2 Å². The summed E-state index contributed by atoms with van der Waals surface area (Å²) in [6, 6.07) is 8.29. The molecule has 280 valence electrons. The number of benzene rings is 2. The van der Waals surface area contributed by atoms with E-state index >= 15 is 4.39 Å². The number of methoxy groups -OCH3 is 2. The monoisotopic (exact) mass is 728 g/mol. The fraction of sp³-hybridized carbons (Fsp3) is 0.421. The van der Waals surface area contributed by atoms with Crippen LogP contribution in [0.2, 0.25) is 0 Å². The van der Waals surface area contributed by atoms with Crippen LogP contribution in [-0.2, 0) is 19.1 Å². The zero-order chi connectivity index (χ0) is 38.0. The number of nitrogens with zero attached hydrogens (tertiary/aromatic N) is 4. The normalized spacial score (nSPS) is 18.2. The summed E-state index contributed by atoms with van der Waals surface area (Å²) in [5.74, 6) is 0.0735. The number of rotatable bonds is 10. The van der Waals surface area contributed by atoms with Crippen molar-refractivity contribution in [3.8, 4) is 22.4 Å². The van der Waals surface area contributed by atoms with Gasteiger partial charge in [-0.25, -0.2) is 23.9 Å². The number of amides is 4. The number of aromatic amines is 2. The van der Waals surface area contributed by atoms with E-state index in [1.165, 1.54) is 20.3 Å². The lowest BCUT2D eigenvalue weighted by Crippen LogP contribution is -2.51. The highest BCUT2D eigenvalue weighted by molar-refractivity contribution is 5.89. The number of imidazole rings is 2. The maximum Gasteiger partial charge on any atom is 0.407 e. The zero-order valence-electron chi connectivity index (χ0n) is 30.5. The molecule has 0 saturated carbocycles. The summed E-state index contributed by atoms with van der Waals surface area (Å²) >= 11 is 0. The molecule has 14 nitrogen and oxygen atoms in total. The molecule has 4 N–H and O–H groups in total. The Morgan fingerprint density at radius 1 is 0.887 bits per heavy atom. The largest absolute Gasteiger partial charge is 0.453 e. The first-order chi connectivity index (χ1) is 25.4. The highest BCUT2D eigenvalue weighted by atomic mass is 19.1. The van der Waals surface area contributed by atoms with E-state index in [1.54, 1.807) is 29.0 Å². The molecule has 2 aromatic heterocycles. The third-order valence-corrected chi connectivity index (χ3v) is 9.97. The predicted molar refractivity (Wildman–Crippen MR) is 195 cm³/mol. The van der Waals surface area contributed by atoms with E-state index in [2.05, 4.69) is 36.9 Å². The lowest BCUT2D eigenvalue weighted by Gasteiger charge is -2.29. The number of ether oxygens (including phenoxy) is 2. The first-order valence-electron chi connectivity index (χ1n) is 17.7. The summed E-state index contributed by atoms with van der Waals surface area (Å²) in [4.78, 5) is 70.2. The summed E-state index contributed by atoms with van der Waals surface area (Å²) in [5, 5.41) is 5.22.